The molecule has 2 unspecified atom stereocenters. The molecule has 0 aromatic heterocycles. The molecule has 1 saturated carbocycles. The van der Waals surface area contributed by atoms with Crippen LogP contribution in [0.15, 0.2) is 0 Å². The lowest BCUT2D eigenvalue weighted by atomic mass is 9.76. The van der Waals surface area contributed by atoms with Gasteiger partial charge in [-0.2, -0.15) is 0 Å². The first-order valence-electron chi connectivity index (χ1n) is 7.82. The summed E-state index contributed by atoms with van der Waals surface area (Å²) < 4.78 is 5.29. The van der Waals surface area contributed by atoms with Crippen molar-refractivity contribution >= 4 is 11.9 Å². The quantitative estimate of drug-likeness (QED) is 0.807. The summed E-state index contributed by atoms with van der Waals surface area (Å²) in [5.74, 6) is -0.388. The summed E-state index contributed by atoms with van der Waals surface area (Å²) in [5, 5.41) is 8.61. The number of piperidine rings is 1. The second-order valence-electron chi connectivity index (χ2n) is 6.55. The largest absolute Gasteiger partial charge is 0.480 e. The summed E-state index contributed by atoms with van der Waals surface area (Å²) in [6.07, 6.45) is 5.00. The molecule has 1 amide bonds. The minimum absolute atomic E-state index is 0.0609. The number of hydrogen-bond donors (Lipinski definition) is 2. The second kappa shape index (κ2) is 6.75. The van der Waals surface area contributed by atoms with E-state index < -0.39 is 11.5 Å². The monoisotopic (exact) mass is 298 g/mol. The molecule has 6 nitrogen and oxygen atoms in total. The zero-order valence-electron chi connectivity index (χ0n) is 12.7. The van der Waals surface area contributed by atoms with E-state index in [0.717, 1.165) is 25.7 Å². The van der Waals surface area contributed by atoms with Crippen molar-refractivity contribution in [2.45, 2.75) is 57.1 Å². The van der Waals surface area contributed by atoms with E-state index in [1.807, 2.05) is 4.90 Å². The summed E-state index contributed by atoms with van der Waals surface area (Å²) in [6.45, 7) is 3.10. The van der Waals surface area contributed by atoms with Gasteiger partial charge in [0.1, 0.15) is 6.61 Å². The highest BCUT2D eigenvalue weighted by molar-refractivity contribution is 5.86. The third-order valence-corrected chi connectivity index (χ3v) is 4.63. The topological polar surface area (TPSA) is 92.9 Å². The number of aliphatic carboxylic acids is 1. The van der Waals surface area contributed by atoms with E-state index >= 15 is 0 Å². The van der Waals surface area contributed by atoms with Gasteiger partial charge in [-0.1, -0.05) is 19.8 Å². The van der Waals surface area contributed by atoms with Gasteiger partial charge >= 0.3 is 5.97 Å². The fourth-order valence-corrected chi connectivity index (χ4v) is 3.52. The highest BCUT2D eigenvalue weighted by Gasteiger charge is 2.41. The minimum atomic E-state index is -0.953. The maximum absolute atomic E-state index is 12.7. The number of carbonyl (C=O) groups is 2. The molecule has 6 heteroatoms. The van der Waals surface area contributed by atoms with Crippen molar-refractivity contribution in [3.63, 3.8) is 0 Å². The van der Waals surface area contributed by atoms with Crippen LogP contribution in [0.5, 0.6) is 0 Å². The Kier molecular flexibility index (Phi) is 5.22. The molecule has 0 aromatic rings. The molecule has 1 saturated heterocycles. The van der Waals surface area contributed by atoms with Crippen LogP contribution in [0.25, 0.3) is 0 Å². The first kappa shape index (κ1) is 16.2. The van der Waals surface area contributed by atoms with Crippen molar-refractivity contribution in [2.24, 2.45) is 11.7 Å². The van der Waals surface area contributed by atoms with Gasteiger partial charge in [0.15, 0.2) is 0 Å². The Morgan fingerprint density at radius 1 is 1.33 bits per heavy atom. The molecule has 0 aromatic carbocycles. The van der Waals surface area contributed by atoms with Crippen molar-refractivity contribution in [3.05, 3.63) is 0 Å². The van der Waals surface area contributed by atoms with Gasteiger partial charge in [0.05, 0.1) is 11.6 Å². The SMILES string of the molecule is CC1CCCC(N)(C(=O)N2CCC(OCC(=O)O)CC2)C1. The Balaban J connectivity index is 1.84. The summed E-state index contributed by atoms with van der Waals surface area (Å²) in [6, 6.07) is 0. The molecule has 1 heterocycles. The number of carboxylic acid groups (broad SMARTS) is 1. The van der Waals surface area contributed by atoms with E-state index in [2.05, 4.69) is 6.92 Å². The average Bonchev–Trinajstić information content (AvgIpc) is 2.44. The van der Waals surface area contributed by atoms with E-state index in [0.29, 0.717) is 31.8 Å². The van der Waals surface area contributed by atoms with Crippen LogP contribution in [0, 0.1) is 5.92 Å². The lowest BCUT2D eigenvalue weighted by Gasteiger charge is -2.41. The van der Waals surface area contributed by atoms with Crippen LogP contribution in [0.3, 0.4) is 0 Å². The number of amides is 1. The Bertz CT molecular complexity index is 393. The fourth-order valence-electron chi connectivity index (χ4n) is 3.52. The number of rotatable bonds is 4. The number of carboxylic acids is 1. The van der Waals surface area contributed by atoms with Gasteiger partial charge in [0.25, 0.3) is 0 Å². The van der Waals surface area contributed by atoms with E-state index in [4.69, 9.17) is 15.6 Å². The standard InChI is InChI=1S/C15H26N2O4/c1-11-3-2-6-15(16,9-11)14(20)17-7-4-12(5-8-17)21-10-13(18)19/h11-12H,2-10,16H2,1H3,(H,18,19). The molecule has 2 atom stereocenters. The molecule has 21 heavy (non-hydrogen) atoms. The van der Waals surface area contributed by atoms with Gasteiger partial charge in [0, 0.05) is 13.1 Å². The van der Waals surface area contributed by atoms with Crippen LogP contribution in [-0.2, 0) is 14.3 Å². The molecular weight excluding hydrogens is 272 g/mol. The molecule has 3 N–H and O–H groups in total. The number of likely N-dealkylation sites (tertiary alicyclic amines) is 1. The molecule has 2 rings (SSSR count). The van der Waals surface area contributed by atoms with Crippen molar-refractivity contribution in [1.29, 1.82) is 0 Å². The number of nitrogens with zero attached hydrogens (tertiary/aromatic N) is 1. The number of ether oxygens (including phenoxy) is 1. The number of nitrogens with two attached hydrogens (primary N) is 1. The Labute approximate surface area is 125 Å². The lowest BCUT2D eigenvalue weighted by molar-refractivity contribution is -0.148. The zero-order valence-corrected chi connectivity index (χ0v) is 12.7. The van der Waals surface area contributed by atoms with E-state index in [9.17, 15) is 9.59 Å². The molecule has 120 valence electrons. The smallest absolute Gasteiger partial charge is 0.329 e. The van der Waals surface area contributed by atoms with E-state index in [1.165, 1.54) is 0 Å². The Morgan fingerprint density at radius 2 is 2.00 bits per heavy atom. The molecular formula is C15H26N2O4. The third-order valence-electron chi connectivity index (χ3n) is 4.63. The maximum atomic E-state index is 12.7. The highest BCUT2D eigenvalue weighted by atomic mass is 16.5. The van der Waals surface area contributed by atoms with Gasteiger partial charge in [-0.3, -0.25) is 4.79 Å². The van der Waals surface area contributed by atoms with Crippen molar-refractivity contribution in [2.75, 3.05) is 19.7 Å². The summed E-state index contributed by atoms with van der Waals surface area (Å²) >= 11 is 0. The lowest BCUT2D eigenvalue weighted by Crippen LogP contribution is -2.59. The highest BCUT2D eigenvalue weighted by Crippen LogP contribution is 2.32. The van der Waals surface area contributed by atoms with E-state index in [-0.39, 0.29) is 18.6 Å². The van der Waals surface area contributed by atoms with Crippen LogP contribution >= 0.6 is 0 Å². The normalized spacial score (nSPS) is 31.1. The molecule has 0 radical (unpaired) electrons. The maximum Gasteiger partial charge on any atom is 0.329 e. The number of hydrogen-bond acceptors (Lipinski definition) is 4. The first-order valence-corrected chi connectivity index (χ1v) is 7.82. The van der Waals surface area contributed by atoms with Crippen LogP contribution in [-0.4, -0.2) is 53.2 Å². The summed E-state index contributed by atoms with van der Waals surface area (Å²) in [5.41, 5.74) is 5.65. The molecule has 1 aliphatic heterocycles. The molecule has 2 aliphatic rings. The van der Waals surface area contributed by atoms with Crippen LogP contribution < -0.4 is 5.73 Å². The predicted octanol–water partition coefficient (Wildman–Crippen LogP) is 0.986. The van der Waals surface area contributed by atoms with E-state index in [1.54, 1.807) is 0 Å². The van der Waals surface area contributed by atoms with Gasteiger partial charge in [-0.15, -0.1) is 0 Å². The van der Waals surface area contributed by atoms with Gasteiger partial charge in [-0.25, -0.2) is 4.79 Å². The van der Waals surface area contributed by atoms with Crippen LogP contribution in [0.4, 0.5) is 0 Å². The van der Waals surface area contributed by atoms with Gasteiger partial charge in [-0.05, 0) is 31.6 Å². The summed E-state index contributed by atoms with van der Waals surface area (Å²) in [4.78, 5) is 25.0. The van der Waals surface area contributed by atoms with Gasteiger partial charge < -0.3 is 20.5 Å². The van der Waals surface area contributed by atoms with Crippen molar-refractivity contribution < 1.29 is 19.4 Å². The Morgan fingerprint density at radius 3 is 2.57 bits per heavy atom. The van der Waals surface area contributed by atoms with Crippen LogP contribution in [0.1, 0.15) is 45.4 Å². The van der Waals surface area contributed by atoms with Gasteiger partial charge in [0.2, 0.25) is 5.91 Å². The molecule has 1 aliphatic carbocycles. The first-order chi connectivity index (χ1) is 9.90. The predicted molar refractivity (Wildman–Crippen MR) is 77.7 cm³/mol. The number of carbonyl (C=O) groups excluding carboxylic acids is 1. The fraction of sp³-hybridized carbons (Fsp3) is 0.867. The minimum Gasteiger partial charge on any atom is -0.480 e. The van der Waals surface area contributed by atoms with Crippen molar-refractivity contribution in [3.8, 4) is 0 Å². The molecule has 2 fully saturated rings. The molecule has 0 bridgehead atoms. The summed E-state index contributed by atoms with van der Waals surface area (Å²) in [7, 11) is 0. The Hall–Kier alpha value is -1.14. The second-order valence-corrected chi connectivity index (χ2v) is 6.55. The van der Waals surface area contributed by atoms with Crippen LogP contribution in [0.2, 0.25) is 0 Å². The molecule has 0 spiro atoms. The third kappa shape index (κ3) is 4.17. The zero-order chi connectivity index (χ0) is 15.5. The average molecular weight is 298 g/mol. The van der Waals surface area contributed by atoms with Crippen molar-refractivity contribution in [1.82, 2.24) is 4.90 Å².